The smallest absolute Gasteiger partial charge is 0.135 e. The summed E-state index contributed by atoms with van der Waals surface area (Å²) in [5.41, 5.74) is 19.3. The van der Waals surface area contributed by atoms with E-state index < -0.39 is 5.41 Å². The molecule has 1 heterocycles. The summed E-state index contributed by atoms with van der Waals surface area (Å²) in [5, 5.41) is 2.23. The standard InChI is InChI=1S/C58H41NO/c1-57(2)46-26-13-11-24-44(46)54-49(57)29-17-30-50(54)59(41-34-32-39(33-35-41)38-18-5-3-6-19-38)51-36-37-53-55(45-25-12-16-31-52(45)60-53)56(51)58(40-20-7-4-8-21-40)47-27-14-9-22-42(47)43-23-10-15-28-48(43)58/h3-37H,1-2H3. The van der Waals surface area contributed by atoms with Crippen molar-refractivity contribution in [1.29, 1.82) is 0 Å². The molecular formula is C58H41NO. The number of furan rings is 1. The van der Waals surface area contributed by atoms with Gasteiger partial charge in [0.15, 0.2) is 0 Å². The van der Waals surface area contributed by atoms with E-state index in [9.17, 15) is 0 Å². The average Bonchev–Trinajstić information content (AvgIpc) is 3.92. The van der Waals surface area contributed by atoms with Gasteiger partial charge in [-0.3, -0.25) is 0 Å². The molecule has 284 valence electrons. The van der Waals surface area contributed by atoms with Crippen LogP contribution in [0.25, 0.3) is 55.3 Å². The van der Waals surface area contributed by atoms with Gasteiger partial charge in [-0.1, -0.05) is 190 Å². The van der Waals surface area contributed by atoms with Crippen LogP contribution in [-0.4, -0.2) is 0 Å². The van der Waals surface area contributed by atoms with Gasteiger partial charge in [0.05, 0.1) is 16.8 Å². The Morgan fingerprint density at radius 2 is 0.967 bits per heavy atom. The molecule has 0 fully saturated rings. The topological polar surface area (TPSA) is 16.4 Å². The number of anilines is 3. The fraction of sp³-hybridized carbons (Fsp3) is 0.0690. The summed E-state index contributed by atoms with van der Waals surface area (Å²) >= 11 is 0. The minimum absolute atomic E-state index is 0.174. The SMILES string of the molecule is CC1(C)c2ccccc2-c2c(N(c3ccc(-c4ccccc4)cc3)c3ccc4oc5ccccc5c4c3C3(c4ccccc4)c4ccccc4-c4ccccc43)cccc21. The van der Waals surface area contributed by atoms with Crippen LogP contribution in [-0.2, 0) is 10.8 Å². The van der Waals surface area contributed by atoms with E-state index in [4.69, 9.17) is 4.42 Å². The second-order valence-corrected chi connectivity index (χ2v) is 16.8. The van der Waals surface area contributed by atoms with Gasteiger partial charge in [0.25, 0.3) is 0 Å². The van der Waals surface area contributed by atoms with Crippen LogP contribution in [0.3, 0.4) is 0 Å². The Morgan fingerprint density at radius 1 is 0.400 bits per heavy atom. The lowest BCUT2D eigenvalue weighted by atomic mass is 9.66. The molecule has 0 unspecified atom stereocenters. The van der Waals surface area contributed by atoms with Crippen molar-refractivity contribution < 1.29 is 4.42 Å². The molecule has 0 N–H and O–H groups in total. The molecule has 0 aliphatic heterocycles. The van der Waals surface area contributed by atoms with Crippen molar-refractivity contribution in [2.75, 3.05) is 4.90 Å². The van der Waals surface area contributed by atoms with Crippen molar-refractivity contribution in [2.24, 2.45) is 0 Å². The molecule has 0 saturated carbocycles. The summed E-state index contributed by atoms with van der Waals surface area (Å²) in [4.78, 5) is 2.55. The Hall–Kier alpha value is -7.42. The number of hydrogen-bond acceptors (Lipinski definition) is 2. The molecule has 60 heavy (non-hydrogen) atoms. The molecule has 0 atom stereocenters. The summed E-state index contributed by atoms with van der Waals surface area (Å²) < 4.78 is 6.85. The molecule has 12 rings (SSSR count). The van der Waals surface area contributed by atoms with E-state index in [1.54, 1.807) is 0 Å². The molecule has 0 saturated heterocycles. The van der Waals surface area contributed by atoms with Crippen LogP contribution in [0, 0.1) is 0 Å². The molecule has 2 heteroatoms. The summed E-state index contributed by atoms with van der Waals surface area (Å²) in [7, 11) is 0. The van der Waals surface area contributed by atoms with E-state index in [0.29, 0.717) is 0 Å². The van der Waals surface area contributed by atoms with Crippen LogP contribution >= 0.6 is 0 Å². The first-order valence-electron chi connectivity index (χ1n) is 20.9. The summed E-state index contributed by atoms with van der Waals surface area (Å²) in [6.07, 6.45) is 0. The van der Waals surface area contributed by atoms with Crippen molar-refractivity contribution in [2.45, 2.75) is 24.7 Å². The van der Waals surface area contributed by atoms with Crippen molar-refractivity contribution in [3.8, 4) is 33.4 Å². The molecule has 1 aromatic heterocycles. The lowest BCUT2D eigenvalue weighted by Crippen LogP contribution is -2.31. The molecule has 2 aliphatic carbocycles. The van der Waals surface area contributed by atoms with Gasteiger partial charge in [0.1, 0.15) is 11.2 Å². The second kappa shape index (κ2) is 13.0. The third-order valence-electron chi connectivity index (χ3n) is 13.4. The summed E-state index contributed by atoms with van der Waals surface area (Å²) in [6.45, 7) is 4.73. The third-order valence-corrected chi connectivity index (χ3v) is 13.4. The second-order valence-electron chi connectivity index (χ2n) is 16.8. The van der Waals surface area contributed by atoms with Crippen LogP contribution in [0.4, 0.5) is 17.1 Å². The quantitative estimate of drug-likeness (QED) is 0.168. The third kappa shape index (κ3) is 4.76. The predicted molar refractivity (Wildman–Crippen MR) is 249 cm³/mol. The molecule has 2 nitrogen and oxygen atoms in total. The highest BCUT2D eigenvalue weighted by molar-refractivity contribution is 6.12. The van der Waals surface area contributed by atoms with Crippen LogP contribution in [0.2, 0.25) is 0 Å². The Labute approximate surface area is 350 Å². The Kier molecular flexibility index (Phi) is 7.52. The number of hydrogen-bond donors (Lipinski definition) is 0. The molecule has 0 bridgehead atoms. The molecule has 9 aromatic carbocycles. The van der Waals surface area contributed by atoms with Crippen LogP contribution in [0.5, 0.6) is 0 Å². The van der Waals surface area contributed by atoms with Gasteiger partial charge >= 0.3 is 0 Å². The van der Waals surface area contributed by atoms with Gasteiger partial charge in [-0.2, -0.15) is 0 Å². The Morgan fingerprint density at radius 3 is 1.68 bits per heavy atom. The maximum atomic E-state index is 6.85. The van der Waals surface area contributed by atoms with Crippen molar-refractivity contribution in [1.82, 2.24) is 0 Å². The zero-order valence-electron chi connectivity index (χ0n) is 33.6. The van der Waals surface area contributed by atoms with E-state index in [0.717, 1.165) is 39.0 Å². The zero-order chi connectivity index (χ0) is 40.0. The van der Waals surface area contributed by atoms with Crippen LogP contribution in [0.15, 0.2) is 217 Å². The van der Waals surface area contributed by atoms with Crippen molar-refractivity contribution in [3.63, 3.8) is 0 Å². The average molecular weight is 768 g/mol. The monoisotopic (exact) mass is 767 g/mol. The van der Waals surface area contributed by atoms with Crippen LogP contribution in [0.1, 0.15) is 47.2 Å². The summed E-state index contributed by atoms with van der Waals surface area (Å²) in [5.74, 6) is 0. The molecule has 10 aromatic rings. The largest absolute Gasteiger partial charge is 0.456 e. The van der Waals surface area contributed by atoms with Gasteiger partial charge in [-0.15, -0.1) is 0 Å². The highest BCUT2D eigenvalue weighted by Crippen LogP contribution is 2.62. The van der Waals surface area contributed by atoms with E-state index in [1.165, 1.54) is 66.8 Å². The van der Waals surface area contributed by atoms with Gasteiger partial charge in [-0.05, 0) is 92.0 Å². The molecule has 0 amide bonds. The lowest BCUT2D eigenvalue weighted by Gasteiger charge is -2.39. The molecule has 0 radical (unpaired) electrons. The van der Waals surface area contributed by atoms with E-state index >= 15 is 0 Å². The zero-order valence-corrected chi connectivity index (χ0v) is 33.6. The highest BCUT2D eigenvalue weighted by Gasteiger charge is 2.49. The fourth-order valence-electron chi connectivity index (χ4n) is 10.8. The fourth-order valence-corrected chi connectivity index (χ4v) is 10.8. The minimum Gasteiger partial charge on any atom is -0.456 e. The normalized spacial score (nSPS) is 14.1. The lowest BCUT2D eigenvalue weighted by molar-refractivity contribution is 0.660. The van der Waals surface area contributed by atoms with Gasteiger partial charge < -0.3 is 9.32 Å². The number of para-hydroxylation sites is 1. The van der Waals surface area contributed by atoms with Crippen molar-refractivity contribution in [3.05, 3.63) is 246 Å². The van der Waals surface area contributed by atoms with Gasteiger partial charge in [-0.25, -0.2) is 0 Å². The first kappa shape index (κ1) is 34.6. The predicted octanol–water partition coefficient (Wildman–Crippen LogP) is 15.4. The first-order chi connectivity index (χ1) is 29.5. The van der Waals surface area contributed by atoms with E-state index in [2.05, 4.69) is 231 Å². The van der Waals surface area contributed by atoms with Gasteiger partial charge in [0, 0.05) is 33.0 Å². The summed E-state index contributed by atoms with van der Waals surface area (Å²) in [6, 6.07) is 78.1. The van der Waals surface area contributed by atoms with Crippen LogP contribution < -0.4 is 4.90 Å². The maximum absolute atomic E-state index is 6.85. The number of rotatable bonds is 6. The molecule has 2 aliphatic rings. The van der Waals surface area contributed by atoms with E-state index in [1.807, 2.05) is 0 Å². The Bertz CT molecular complexity index is 3240. The minimum atomic E-state index is -0.715. The van der Waals surface area contributed by atoms with E-state index in [-0.39, 0.29) is 5.41 Å². The van der Waals surface area contributed by atoms with Crippen molar-refractivity contribution >= 4 is 39.0 Å². The molecule has 0 spiro atoms. The molecular weight excluding hydrogens is 727 g/mol. The number of benzene rings is 9. The van der Waals surface area contributed by atoms with Gasteiger partial charge in [0.2, 0.25) is 0 Å². The number of fused-ring (bicyclic) bond motifs is 9. The number of nitrogens with zero attached hydrogens (tertiary/aromatic N) is 1. The maximum Gasteiger partial charge on any atom is 0.135 e. The Balaban J connectivity index is 1.27. The highest BCUT2D eigenvalue weighted by atomic mass is 16.3. The first-order valence-corrected chi connectivity index (χ1v) is 20.9.